The minimum Gasteiger partial charge on any atom is -0.453 e. The summed E-state index contributed by atoms with van der Waals surface area (Å²) in [6, 6.07) is 0. The number of ether oxygens (including phenoxy) is 6. The molecule has 66 heavy (non-hydrogen) atoms. The molecule has 15 aliphatic carbocycles. The maximum atomic E-state index is 15.2. The van der Waals surface area contributed by atoms with Gasteiger partial charge >= 0.3 is 35.8 Å². The minimum absolute atomic E-state index is 0.182. The molecule has 6 saturated carbocycles. The molecule has 12 bridgehead atoms. The highest BCUT2D eigenvalue weighted by Gasteiger charge is 2.67. The summed E-state index contributed by atoms with van der Waals surface area (Å²) in [5.41, 5.74) is 1.98. The molecule has 12 atom stereocenters. The molecule has 0 spiro atoms. The third-order valence-electron chi connectivity index (χ3n) is 20.6. The lowest BCUT2D eigenvalue weighted by Gasteiger charge is -2.36. The van der Waals surface area contributed by atoms with Crippen LogP contribution in [0.4, 0.5) is 0 Å². The fraction of sp³-hybridized carbons (Fsp3) is 0.667. The molecular weight excluding hydrogens is 841 g/mol. The number of hydrogen-bond donors (Lipinski definition) is 0. The topological polar surface area (TPSA) is 158 Å². The van der Waals surface area contributed by atoms with Gasteiger partial charge in [0.05, 0.1) is 0 Å². The monoisotopic (exact) mass is 896 g/mol. The molecule has 0 amide bonds. The maximum Gasteiger partial charge on any atom is 0.336 e. The number of rotatable bonds is 13. The molecule has 0 aromatic carbocycles. The lowest BCUT2D eigenvalue weighted by molar-refractivity contribution is -0.198. The predicted octanol–water partition coefficient (Wildman–Crippen LogP) is 7.84. The molecule has 12 nitrogen and oxygen atoms in total. The Kier molecular flexibility index (Phi) is 7.31. The molecule has 15 rings (SSSR count). The van der Waals surface area contributed by atoms with E-state index in [4.69, 9.17) is 28.4 Å². The number of carbonyl (C=O) groups is 6. The molecule has 0 aromatic rings. The molecule has 12 heteroatoms. The van der Waals surface area contributed by atoms with Crippen LogP contribution >= 0.6 is 0 Å². The Morgan fingerprint density at radius 2 is 0.742 bits per heavy atom. The number of carbonyl (C=O) groups excluding carboxylic acids is 6. The first-order valence-corrected chi connectivity index (χ1v) is 25.5. The zero-order valence-corrected chi connectivity index (χ0v) is 37.7. The molecule has 15 aliphatic rings. The van der Waals surface area contributed by atoms with Gasteiger partial charge in [0.2, 0.25) is 0 Å². The summed E-state index contributed by atoms with van der Waals surface area (Å²) in [5, 5.41) is 0. The van der Waals surface area contributed by atoms with Crippen LogP contribution < -0.4 is 0 Å². The summed E-state index contributed by atoms with van der Waals surface area (Å²) < 4.78 is 38.3. The van der Waals surface area contributed by atoms with E-state index in [2.05, 4.69) is 0 Å². The van der Waals surface area contributed by atoms with Gasteiger partial charge in [0.25, 0.3) is 5.41 Å². The molecule has 0 N–H and O–H groups in total. The highest BCUT2D eigenvalue weighted by Crippen LogP contribution is 2.67. The molecule has 0 radical (unpaired) electrons. The number of hydrogen-bond acceptors (Lipinski definition) is 12. The van der Waals surface area contributed by atoms with E-state index in [0.29, 0.717) is 92.3 Å². The quantitative estimate of drug-likeness (QED) is 0.0765. The van der Waals surface area contributed by atoms with Crippen molar-refractivity contribution in [2.45, 2.75) is 182 Å². The largest absolute Gasteiger partial charge is 0.453 e. The van der Waals surface area contributed by atoms with Crippen molar-refractivity contribution in [2.75, 3.05) is 0 Å². The summed E-state index contributed by atoms with van der Waals surface area (Å²) >= 11 is 0. The van der Waals surface area contributed by atoms with Gasteiger partial charge in [-0.05, 0) is 212 Å². The second-order valence-corrected chi connectivity index (χ2v) is 23.8. The van der Waals surface area contributed by atoms with E-state index in [1.165, 1.54) is 33.4 Å². The van der Waals surface area contributed by atoms with E-state index in [-0.39, 0.29) is 42.1 Å². The highest BCUT2D eigenvalue weighted by atomic mass is 16.6. The Hall–Kier alpha value is -4.74. The van der Waals surface area contributed by atoms with Gasteiger partial charge in [-0.1, -0.05) is 23.6 Å². The van der Waals surface area contributed by atoms with Crippen LogP contribution in [-0.4, -0.2) is 69.4 Å². The fourth-order valence-corrected chi connectivity index (χ4v) is 16.9. The summed E-state index contributed by atoms with van der Waals surface area (Å²) in [4.78, 5) is 87.3. The first-order valence-electron chi connectivity index (χ1n) is 25.5. The molecule has 0 aromatic heterocycles. The molecule has 0 heterocycles. The molecule has 0 saturated heterocycles. The number of allylic oxidation sites excluding steroid dienone is 3. The minimum atomic E-state index is -2.54. The third kappa shape index (κ3) is 5.07. The van der Waals surface area contributed by atoms with Crippen molar-refractivity contribution in [3.8, 4) is 0 Å². The van der Waals surface area contributed by atoms with Gasteiger partial charge in [0.1, 0.15) is 33.6 Å². The van der Waals surface area contributed by atoms with Crippen molar-refractivity contribution in [2.24, 2.45) is 40.9 Å². The summed E-state index contributed by atoms with van der Waals surface area (Å²) in [7, 11) is 0. The van der Waals surface area contributed by atoms with Crippen LogP contribution in [0.2, 0.25) is 0 Å². The van der Waals surface area contributed by atoms with E-state index in [0.717, 1.165) is 77.0 Å². The van der Waals surface area contributed by atoms with Crippen LogP contribution in [0.15, 0.2) is 68.4 Å². The van der Waals surface area contributed by atoms with Crippen molar-refractivity contribution in [3.05, 3.63) is 68.4 Å². The zero-order chi connectivity index (χ0) is 44.5. The van der Waals surface area contributed by atoms with Crippen LogP contribution in [0, 0.1) is 40.9 Å². The van der Waals surface area contributed by atoms with Gasteiger partial charge < -0.3 is 28.4 Å². The van der Waals surface area contributed by atoms with E-state index in [1.54, 1.807) is 25.2 Å². The maximum absolute atomic E-state index is 15.2. The second-order valence-electron chi connectivity index (χ2n) is 23.8. The second kappa shape index (κ2) is 12.3. The van der Waals surface area contributed by atoms with Gasteiger partial charge in [0.15, 0.2) is 0 Å². The van der Waals surface area contributed by atoms with E-state index >= 15 is 14.4 Å². The standard InChI is InChI=1S/C54H56O12/c1-2-54(45(58)64-48-9-3-27(18-48)36(24-48)42(55)61-51-12-6-30(21-51)33-15-39(33)51,46(59)65-49-10-4-28(19-49)37(25-49)43(56)62-52-13-7-31(22-52)34-16-40(34)52)47(60)66-50-11-5-29(20-50)38(26-50)44(57)63-53-14-8-32(23-53)35-17-41(35)53/h24-32H,2-23H2,1H3. The summed E-state index contributed by atoms with van der Waals surface area (Å²) in [6.07, 6.45) is 20.0. The van der Waals surface area contributed by atoms with E-state index in [9.17, 15) is 14.4 Å². The first kappa shape index (κ1) is 39.3. The smallest absolute Gasteiger partial charge is 0.336 e. The van der Waals surface area contributed by atoms with E-state index in [1.807, 2.05) is 0 Å². The lowest BCUT2D eigenvalue weighted by atomic mass is 9.83. The summed E-state index contributed by atoms with van der Waals surface area (Å²) in [6.45, 7) is 1.58. The molecular formula is C54H56O12. The van der Waals surface area contributed by atoms with Crippen molar-refractivity contribution in [1.82, 2.24) is 0 Å². The third-order valence-corrected chi connectivity index (χ3v) is 20.6. The van der Waals surface area contributed by atoms with Gasteiger partial charge in [-0.2, -0.15) is 0 Å². The Morgan fingerprint density at radius 3 is 1.02 bits per heavy atom. The average Bonchev–Trinajstić information content (AvgIpc) is 3.79. The number of fused-ring (bicyclic) bond motifs is 18. The van der Waals surface area contributed by atoms with Crippen molar-refractivity contribution in [3.63, 3.8) is 0 Å². The Labute approximate surface area is 383 Å². The normalized spacial score (nSPS) is 44.8. The molecule has 6 fully saturated rings. The van der Waals surface area contributed by atoms with Crippen LogP contribution in [0.5, 0.6) is 0 Å². The zero-order valence-electron chi connectivity index (χ0n) is 37.7. The SMILES string of the molecule is CCC(C(=O)OC12C=C(C(=O)OC34CCC(C3)C3=C4C3)C(CC1)C2)(C(=O)OC12C=C(C(=O)OC34CCC(C3)C3=C4C3)C(CC1)C2)C(=O)OC12C=C(C(=O)OC34CCC(C3)C3=C4C3)C(CC1)C2. The van der Waals surface area contributed by atoms with Gasteiger partial charge in [-0.3, -0.25) is 14.4 Å². The number of esters is 6. The van der Waals surface area contributed by atoms with Gasteiger partial charge in [-0.25, -0.2) is 14.4 Å². The van der Waals surface area contributed by atoms with Crippen molar-refractivity contribution < 1.29 is 57.2 Å². The Bertz CT molecular complexity index is 2410. The lowest BCUT2D eigenvalue weighted by Crippen LogP contribution is -2.54. The van der Waals surface area contributed by atoms with E-state index < -0.39 is 56.9 Å². The molecule has 344 valence electrons. The first-order chi connectivity index (χ1) is 31.7. The fourth-order valence-electron chi connectivity index (χ4n) is 16.9. The van der Waals surface area contributed by atoms with Crippen molar-refractivity contribution in [1.29, 1.82) is 0 Å². The van der Waals surface area contributed by atoms with Crippen molar-refractivity contribution >= 4 is 35.8 Å². The van der Waals surface area contributed by atoms with Crippen LogP contribution in [0.25, 0.3) is 0 Å². The molecule has 12 unspecified atom stereocenters. The van der Waals surface area contributed by atoms with Gasteiger partial charge in [0, 0.05) is 16.7 Å². The summed E-state index contributed by atoms with van der Waals surface area (Å²) in [5.74, 6) is -3.36. The van der Waals surface area contributed by atoms with Crippen LogP contribution in [0.3, 0.4) is 0 Å². The Balaban J connectivity index is 0.719. The average molecular weight is 897 g/mol. The van der Waals surface area contributed by atoms with Crippen LogP contribution in [-0.2, 0) is 57.2 Å². The predicted molar refractivity (Wildman–Crippen MR) is 229 cm³/mol. The van der Waals surface area contributed by atoms with Gasteiger partial charge in [-0.15, -0.1) is 0 Å². The molecule has 0 aliphatic heterocycles. The highest BCUT2D eigenvalue weighted by molar-refractivity contribution is 6.18. The Morgan fingerprint density at radius 1 is 0.439 bits per heavy atom. The van der Waals surface area contributed by atoms with Crippen LogP contribution in [0.1, 0.15) is 148 Å².